The molecule has 1 N–H and O–H groups in total. The number of imide groups is 1. The highest BCUT2D eigenvalue weighted by atomic mass is 16.2. The normalized spacial score (nSPS) is 29.2. The smallest absolute Gasteiger partial charge is 0.325 e. The number of imidazole rings is 1. The summed E-state index contributed by atoms with van der Waals surface area (Å²) < 4.78 is 1.95. The van der Waals surface area contributed by atoms with Gasteiger partial charge in [-0.3, -0.25) is 10.1 Å². The van der Waals surface area contributed by atoms with Gasteiger partial charge in [-0.15, -0.1) is 0 Å². The largest absolute Gasteiger partial charge is 0.338 e. The highest BCUT2D eigenvalue weighted by Crippen LogP contribution is 2.39. The SMILES string of the molecule is CC1CCCC2(C1)C(=O)NC(=O)N2CCc1nccn1C. The van der Waals surface area contributed by atoms with Gasteiger partial charge in [0.05, 0.1) is 0 Å². The fourth-order valence-electron chi connectivity index (χ4n) is 3.74. The van der Waals surface area contributed by atoms with Crippen LogP contribution in [0.25, 0.3) is 0 Å². The lowest BCUT2D eigenvalue weighted by Gasteiger charge is -2.40. The summed E-state index contributed by atoms with van der Waals surface area (Å²) in [7, 11) is 1.94. The summed E-state index contributed by atoms with van der Waals surface area (Å²) in [5.74, 6) is 1.30. The van der Waals surface area contributed by atoms with Gasteiger partial charge in [0.1, 0.15) is 11.4 Å². The molecule has 1 aliphatic heterocycles. The van der Waals surface area contributed by atoms with Crippen LogP contribution in [0.3, 0.4) is 0 Å². The predicted molar refractivity (Wildman–Crippen MR) is 77.5 cm³/mol. The van der Waals surface area contributed by atoms with Crippen LogP contribution in [-0.4, -0.2) is 38.5 Å². The molecule has 0 bridgehead atoms. The fraction of sp³-hybridized carbons (Fsp3) is 0.667. The first-order valence-corrected chi connectivity index (χ1v) is 7.62. The molecule has 2 fully saturated rings. The van der Waals surface area contributed by atoms with Gasteiger partial charge in [0.2, 0.25) is 0 Å². The summed E-state index contributed by atoms with van der Waals surface area (Å²) in [5, 5.41) is 2.51. The van der Waals surface area contributed by atoms with E-state index >= 15 is 0 Å². The van der Waals surface area contributed by atoms with Gasteiger partial charge in [-0.1, -0.05) is 19.8 Å². The van der Waals surface area contributed by atoms with Crippen LogP contribution in [-0.2, 0) is 18.3 Å². The van der Waals surface area contributed by atoms with E-state index in [4.69, 9.17) is 0 Å². The summed E-state index contributed by atoms with van der Waals surface area (Å²) in [6, 6.07) is -0.247. The summed E-state index contributed by atoms with van der Waals surface area (Å²) >= 11 is 0. The van der Waals surface area contributed by atoms with Gasteiger partial charge in [-0.25, -0.2) is 9.78 Å². The molecule has 2 aliphatic rings. The average molecular weight is 290 g/mol. The Morgan fingerprint density at radius 3 is 2.95 bits per heavy atom. The molecule has 1 aromatic heterocycles. The van der Waals surface area contributed by atoms with Crippen LogP contribution in [0, 0.1) is 5.92 Å². The minimum Gasteiger partial charge on any atom is -0.338 e. The van der Waals surface area contributed by atoms with Crippen LogP contribution in [0.15, 0.2) is 12.4 Å². The predicted octanol–water partition coefficient (Wildman–Crippen LogP) is 1.46. The number of aryl methyl sites for hydroxylation is 1. The lowest BCUT2D eigenvalue weighted by atomic mass is 9.75. The number of nitrogens with zero attached hydrogens (tertiary/aromatic N) is 3. The Hall–Kier alpha value is -1.85. The van der Waals surface area contributed by atoms with Crippen molar-refractivity contribution >= 4 is 11.9 Å². The number of carbonyl (C=O) groups is 2. The number of carbonyl (C=O) groups excluding carboxylic acids is 2. The highest BCUT2D eigenvalue weighted by Gasteiger charge is 2.53. The van der Waals surface area contributed by atoms with Crippen LogP contribution in [0.1, 0.15) is 38.4 Å². The van der Waals surface area contributed by atoms with Crippen LogP contribution in [0.4, 0.5) is 4.79 Å². The number of hydrogen-bond donors (Lipinski definition) is 1. The van der Waals surface area contributed by atoms with Gasteiger partial charge in [0, 0.05) is 32.4 Å². The van der Waals surface area contributed by atoms with Gasteiger partial charge >= 0.3 is 6.03 Å². The monoisotopic (exact) mass is 290 g/mol. The second-order valence-electron chi connectivity index (χ2n) is 6.35. The van der Waals surface area contributed by atoms with Crippen molar-refractivity contribution in [3.63, 3.8) is 0 Å². The second-order valence-corrected chi connectivity index (χ2v) is 6.35. The fourth-order valence-corrected chi connectivity index (χ4v) is 3.74. The van der Waals surface area contributed by atoms with E-state index in [1.807, 2.05) is 17.8 Å². The highest BCUT2D eigenvalue weighted by molar-refractivity contribution is 6.07. The summed E-state index contributed by atoms with van der Waals surface area (Å²) in [6.45, 7) is 2.70. The number of amides is 3. The first kappa shape index (κ1) is 14.1. The minimum absolute atomic E-state index is 0.112. The zero-order valence-corrected chi connectivity index (χ0v) is 12.6. The Kier molecular flexibility index (Phi) is 3.47. The number of nitrogens with one attached hydrogen (secondary N) is 1. The van der Waals surface area contributed by atoms with Crippen molar-refractivity contribution in [3.05, 3.63) is 18.2 Å². The van der Waals surface area contributed by atoms with Crippen molar-refractivity contribution < 1.29 is 9.59 Å². The van der Waals surface area contributed by atoms with E-state index in [2.05, 4.69) is 17.2 Å². The summed E-state index contributed by atoms with van der Waals surface area (Å²) in [4.78, 5) is 30.6. The molecule has 6 nitrogen and oxygen atoms in total. The molecular formula is C15H22N4O2. The first-order valence-electron chi connectivity index (χ1n) is 7.62. The lowest BCUT2D eigenvalue weighted by Crippen LogP contribution is -2.53. The number of aromatic nitrogens is 2. The molecule has 2 unspecified atom stereocenters. The third-order valence-corrected chi connectivity index (χ3v) is 4.86. The zero-order chi connectivity index (χ0) is 15.0. The Morgan fingerprint density at radius 1 is 1.48 bits per heavy atom. The average Bonchev–Trinajstić information content (AvgIpc) is 2.92. The Labute approximate surface area is 124 Å². The van der Waals surface area contributed by atoms with Gasteiger partial charge in [-0.2, -0.15) is 0 Å². The van der Waals surface area contributed by atoms with Crippen LogP contribution in [0.2, 0.25) is 0 Å². The van der Waals surface area contributed by atoms with E-state index < -0.39 is 5.54 Å². The van der Waals surface area contributed by atoms with Crippen molar-refractivity contribution in [1.82, 2.24) is 19.8 Å². The lowest BCUT2D eigenvalue weighted by molar-refractivity contribution is -0.129. The Bertz CT molecular complexity index is 568. The van der Waals surface area contributed by atoms with Gasteiger partial charge in [-0.05, 0) is 18.8 Å². The van der Waals surface area contributed by atoms with E-state index in [9.17, 15) is 9.59 Å². The third kappa shape index (κ3) is 2.32. The van der Waals surface area contributed by atoms with E-state index in [1.165, 1.54) is 0 Å². The molecule has 21 heavy (non-hydrogen) atoms. The number of hydrogen-bond acceptors (Lipinski definition) is 3. The zero-order valence-electron chi connectivity index (χ0n) is 12.6. The molecule has 3 rings (SSSR count). The van der Waals surface area contributed by atoms with E-state index in [1.54, 1.807) is 11.1 Å². The maximum Gasteiger partial charge on any atom is 0.325 e. The van der Waals surface area contributed by atoms with E-state index in [-0.39, 0.29) is 11.9 Å². The molecule has 1 saturated heterocycles. The van der Waals surface area contributed by atoms with Crippen molar-refractivity contribution in [3.8, 4) is 0 Å². The molecule has 1 aromatic rings. The third-order valence-electron chi connectivity index (χ3n) is 4.86. The quantitative estimate of drug-likeness (QED) is 0.857. The van der Waals surface area contributed by atoms with Crippen molar-refractivity contribution in [2.45, 2.75) is 44.6 Å². The molecule has 1 aliphatic carbocycles. The maximum absolute atomic E-state index is 12.4. The topological polar surface area (TPSA) is 67.2 Å². The van der Waals surface area contributed by atoms with Crippen LogP contribution in [0.5, 0.6) is 0 Å². The molecule has 1 spiro atoms. The van der Waals surface area contributed by atoms with E-state index in [0.717, 1.165) is 31.5 Å². The maximum atomic E-state index is 12.4. The molecule has 6 heteroatoms. The van der Waals surface area contributed by atoms with Gasteiger partial charge in [0.25, 0.3) is 5.91 Å². The van der Waals surface area contributed by atoms with Crippen molar-refractivity contribution in [2.24, 2.45) is 13.0 Å². The molecule has 3 amide bonds. The first-order chi connectivity index (χ1) is 10.0. The molecule has 1 saturated carbocycles. The summed E-state index contributed by atoms with van der Waals surface area (Å²) in [6.07, 6.45) is 7.99. The molecule has 0 aromatic carbocycles. The van der Waals surface area contributed by atoms with Gasteiger partial charge < -0.3 is 9.47 Å². The number of rotatable bonds is 3. The van der Waals surface area contributed by atoms with Crippen molar-refractivity contribution in [1.29, 1.82) is 0 Å². The summed E-state index contributed by atoms with van der Waals surface area (Å²) in [5.41, 5.74) is -0.625. The molecular weight excluding hydrogens is 268 g/mol. The van der Waals surface area contributed by atoms with Crippen molar-refractivity contribution in [2.75, 3.05) is 6.54 Å². The molecule has 2 atom stereocenters. The van der Waals surface area contributed by atoms with Gasteiger partial charge in [0.15, 0.2) is 0 Å². The molecule has 2 heterocycles. The van der Waals surface area contributed by atoms with Crippen LogP contribution >= 0.6 is 0 Å². The Balaban J connectivity index is 1.79. The standard InChI is InChI=1S/C15H22N4O2/c1-11-4-3-6-15(10-11)13(20)17-14(21)19(15)8-5-12-16-7-9-18(12)2/h7,9,11H,3-6,8,10H2,1-2H3,(H,17,20,21). The second kappa shape index (κ2) is 5.16. The molecule has 114 valence electrons. The van der Waals surface area contributed by atoms with E-state index in [0.29, 0.717) is 18.9 Å². The van der Waals surface area contributed by atoms with Crippen LogP contribution < -0.4 is 5.32 Å². The molecule has 0 radical (unpaired) electrons. The number of urea groups is 1. The minimum atomic E-state index is -0.625. The Morgan fingerprint density at radius 2 is 2.29 bits per heavy atom.